The van der Waals surface area contributed by atoms with Crippen LogP contribution in [0.3, 0.4) is 0 Å². The highest BCUT2D eigenvalue weighted by Crippen LogP contribution is 2.43. The second kappa shape index (κ2) is 8.66. The molecular formula is C24H33N5S. The molecule has 1 aliphatic carbocycles. The van der Waals surface area contributed by atoms with Crippen LogP contribution in [-0.2, 0) is 12.8 Å². The van der Waals surface area contributed by atoms with E-state index in [4.69, 9.17) is 15.0 Å². The minimum absolute atomic E-state index is 1.04. The highest BCUT2D eigenvalue weighted by atomic mass is 32.1. The van der Waals surface area contributed by atoms with Crippen LogP contribution in [0.4, 0.5) is 11.6 Å². The second-order valence-corrected chi connectivity index (χ2v) is 9.79. The molecule has 0 radical (unpaired) electrons. The van der Waals surface area contributed by atoms with Gasteiger partial charge in [0.15, 0.2) is 0 Å². The lowest BCUT2D eigenvalue weighted by Gasteiger charge is -2.31. The predicted molar refractivity (Wildman–Crippen MR) is 128 cm³/mol. The van der Waals surface area contributed by atoms with Crippen LogP contribution in [0.25, 0.3) is 20.4 Å². The van der Waals surface area contributed by atoms with Crippen LogP contribution in [0, 0.1) is 0 Å². The molecule has 0 amide bonds. The van der Waals surface area contributed by atoms with Crippen molar-refractivity contribution in [1.82, 2.24) is 15.0 Å². The summed E-state index contributed by atoms with van der Waals surface area (Å²) in [5, 5.41) is 1.32. The number of aromatic nitrogens is 3. The summed E-state index contributed by atoms with van der Waals surface area (Å²) in [7, 11) is 0. The minimum Gasteiger partial charge on any atom is -0.356 e. The van der Waals surface area contributed by atoms with E-state index in [0.29, 0.717) is 0 Å². The molecule has 2 aliphatic rings. The Hall–Kier alpha value is -1.95. The van der Waals surface area contributed by atoms with Crippen molar-refractivity contribution in [3.05, 3.63) is 17.5 Å². The number of thiophene rings is 1. The largest absolute Gasteiger partial charge is 0.356 e. The van der Waals surface area contributed by atoms with Gasteiger partial charge in [-0.2, -0.15) is 0 Å². The molecule has 0 unspecified atom stereocenters. The summed E-state index contributed by atoms with van der Waals surface area (Å²) in [6, 6.07) is 0. The normalized spacial score (nSPS) is 16.9. The van der Waals surface area contributed by atoms with Gasteiger partial charge >= 0.3 is 0 Å². The van der Waals surface area contributed by atoms with E-state index >= 15 is 0 Å². The Bertz CT molecular complexity index is 1030. The van der Waals surface area contributed by atoms with E-state index in [1.165, 1.54) is 64.0 Å². The van der Waals surface area contributed by atoms with Gasteiger partial charge in [0.1, 0.15) is 22.8 Å². The van der Waals surface area contributed by atoms with E-state index in [1.807, 2.05) is 11.3 Å². The predicted octanol–water partition coefficient (Wildman–Crippen LogP) is 5.74. The van der Waals surface area contributed by atoms with Crippen LogP contribution >= 0.6 is 11.3 Å². The highest BCUT2D eigenvalue weighted by Gasteiger charge is 2.26. The number of hydrogen-bond donors (Lipinski definition) is 0. The number of pyridine rings is 1. The fourth-order valence-corrected chi connectivity index (χ4v) is 6.46. The molecule has 0 bridgehead atoms. The summed E-state index contributed by atoms with van der Waals surface area (Å²) in [5.74, 6) is 2.38. The molecule has 1 aliphatic heterocycles. The molecular weight excluding hydrogens is 390 g/mol. The molecule has 4 heterocycles. The fraction of sp³-hybridized carbons (Fsp3) is 0.625. The fourth-order valence-electron chi connectivity index (χ4n) is 5.28. The molecule has 160 valence electrons. The van der Waals surface area contributed by atoms with Gasteiger partial charge in [0, 0.05) is 31.6 Å². The number of hydrogen-bond acceptors (Lipinski definition) is 6. The summed E-state index contributed by atoms with van der Waals surface area (Å²) >= 11 is 1.81. The standard InChI is InChI=1S/C24H33N5S/c1-3-12-28(13-4-2)23-21-20(25-16-26-23)19-17-10-6-7-11-18(17)22(27-24(19)30-21)29-14-8-5-9-15-29/h16H,3-15H2,1-2H3. The maximum absolute atomic E-state index is 5.30. The maximum atomic E-state index is 5.30. The molecule has 3 aromatic heterocycles. The number of fused-ring (bicyclic) bond motifs is 5. The molecule has 0 N–H and O–H groups in total. The van der Waals surface area contributed by atoms with Crippen molar-refractivity contribution in [3.63, 3.8) is 0 Å². The summed E-state index contributed by atoms with van der Waals surface area (Å²) in [6.45, 7) is 8.88. The van der Waals surface area contributed by atoms with E-state index in [9.17, 15) is 0 Å². The molecule has 6 heteroatoms. The van der Waals surface area contributed by atoms with E-state index in [0.717, 1.165) is 63.2 Å². The van der Waals surface area contributed by atoms with Crippen LogP contribution in [0.15, 0.2) is 6.33 Å². The van der Waals surface area contributed by atoms with Gasteiger partial charge in [-0.25, -0.2) is 15.0 Å². The maximum Gasteiger partial charge on any atom is 0.150 e. The van der Waals surface area contributed by atoms with Gasteiger partial charge in [0.25, 0.3) is 0 Å². The first kappa shape index (κ1) is 20.0. The van der Waals surface area contributed by atoms with Crippen LogP contribution < -0.4 is 9.80 Å². The zero-order valence-corrected chi connectivity index (χ0v) is 19.2. The third-order valence-electron chi connectivity index (χ3n) is 6.62. The molecule has 5 rings (SSSR count). The number of rotatable bonds is 6. The molecule has 5 nitrogen and oxygen atoms in total. The van der Waals surface area contributed by atoms with Gasteiger partial charge in [-0.05, 0) is 68.9 Å². The minimum atomic E-state index is 1.04. The average Bonchev–Trinajstić information content (AvgIpc) is 3.18. The Kier molecular flexibility index (Phi) is 5.77. The number of aryl methyl sites for hydroxylation is 1. The van der Waals surface area contributed by atoms with E-state index < -0.39 is 0 Å². The van der Waals surface area contributed by atoms with Gasteiger partial charge in [-0.1, -0.05) is 13.8 Å². The Labute approximate surface area is 183 Å². The van der Waals surface area contributed by atoms with E-state index in [-0.39, 0.29) is 0 Å². The zero-order valence-electron chi connectivity index (χ0n) is 18.4. The molecule has 0 saturated carbocycles. The SMILES string of the molecule is CCCN(CCC)c1ncnc2c1sc1nc(N3CCCCC3)c3c(c12)CCCC3. The van der Waals surface area contributed by atoms with Crippen molar-refractivity contribution in [3.8, 4) is 0 Å². The first-order chi connectivity index (χ1) is 14.8. The number of piperidine rings is 1. The lowest BCUT2D eigenvalue weighted by molar-refractivity contribution is 0.569. The molecule has 0 spiro atoms. The lowest BCUT2D eigenvalue weighted by atomic mass is 9.89. The van der Waals surface area contributed by atoms with Gasteiger partial charge in [0.2, 0.25) is 0 Å². The third-order valence-corrected chi connectivity index (χ3v) is 7.69. The Morgan fingerprint density at radius 2 is 1.67 bits per heavy atom. The monoisotopic (exact) mass is 423 g/mol. The average molecular weight is 424 g/mol. The van der Waals surface area contributed by atoms with Crippen LogP contribution in [0.5, 0.6) is 0 Å². The first-order valence-corrected chi connectivity index (χ1v) is 12.7. The van der Waals surface area contributed by atoms with Crippen molar-refractivity contribution in [2.75, 3.05) is 36.0 Å². The van der Waals surface area contributed by atoms with Gasteiger partial charge in [-0.3, -0.25) is 0 Å². The first-order valence-electron chi connectivity index (χ1n) is 11.9. The van der Waals surface area contributed by atoms with E-state index in [2.05, 4.69) is 23.6 Å². The summed E-state index contributed by atoms with van der Waals surface area (Å²) < 4.78 is 1.23. The van der Waals surface area contributed by atoms with Gasteiger partial charge in [0.05, 0.1) is 10.2 Å². The Balaban J connectivity index is 1.72. The van der Waals surface area contributed by atoms with Gasteiger partial charge in [-0.15, -0.1) is 11.3 Å². The molecule has 1 saturated heterocycles. The number of nitrogens with zero attached hydrogens (tertiary/aromatic N) is 5. The molecule has 0 atom stereocenters. The van der Waals surface area contributed by atoms with Crippen LogP contribution in [0.1, 0.15) is 69.9 Å². The van der Waals surface area contributed by atoms with Crippen molar-refractivity contribution in [1.29, 1.82) is 0 Å². The molecule has 3 aromatic rings. The van der Waals surface area contributed by atoms with Crippen molar-refractivity contribution < 1.29 is 0 Å². The van der Waals surface area contributed by atoms with Crippen molar-refractivity contribution in [2.24, 2.45) is 0 Å². The van der Waals surface area contributed by atoms with Crippen molar-refractivity contribution >= 4 is 43.4 Å². The Morgan fingerprint density at radius 3 is 2.40 bits per heavy atom. The zero-order chi connectivity index (χ0) is 20.5. The van der Waals surface area contributed by atoms with E-state index in [1.54, 1.807) is 6.33 Å². The number of anilines is 2. The van der Waals surface area contributed by atoms with Gasteiger partial charge < -0.3 is 9.80 Å². The quantitative estimate of drug-likeness (QED) is 0.506. The smallest absolute Gasteiger partial charge is 0.150 e. The van der Waals surface area contributed by atoms with Crippen molar-refractivity contribution in [2.45, 2.75) is 71.6 Å². The summed E-state index contributed by atoms with van der Waals surface area (Å²) in [6.07, 6.45) is 12.8. The van der Waals surface area contributed by atoms with Crippen LogP contribution in [0.2, 0.25) is 0 Å². The third kappa shape index (κ3) is 3.43. The summed E-state index contributed by atoms with van der Waals surface area (Å²) in [4.78, 5) is 21.0. The Morgan fingerprint density at radius 1 is 0.933 bits per heavy atom. The summed E-state index contributed by atoms with van der Waals surface area (Å²) in [5.41, 5.74) is 4.17. The molecule has 30 heavy (non-hydrogen) atoms. The second-order valence-electron chi connectivity index (χ2n) is 8.79. The topological polar surface area (TPSA) is 45.2 Å². The molecule has 1 fully saturated rings. The lowest BCUT2D eigenvalue weighted by Crippen LogP contribution is -2.31. The van der Waals surface area contributed by atoms with Crippen LogP contribution in [-0.4, -0.2) is 41.1 Å². The molecule has 0 aromatic carbocycles. The highest BCUT2D eigenvalue weighted by molar-refractivity contribution is 7.26.